The largest absolute Gasteiger partial charge is 0.368 e. The van der Waals surface area contributed by atoms with E-state index in [1.54, 1.807) is 13.8 Å². The highest BCUT2D eigenvalue weighted by Crippen LogP contribution is 2.14. The number of rotatable bonds is 14. The molecule has 0 aromatic heterocycles. The van der Waals surface area contributed by atoms with E-state index in [0.29, 0.717) is 0 Å². The standard InChI is InChI=1S/C18H38N2O/c1-5-6-7-8-9-10-11-12-13-14-15-16-17(2)19-20-18(3,4)21/h17,21H,5-16H2,1-4H3. The summed E-state index contributed by atoms with van der Waals surface area (Å²) >= 11 is 0. The molecule has 0 amide bonds. The summed E-state index contributed by atoms with van der Waals surface area (Å²) in [5.41, 5.74) is -1.02. The van der Waals surface area contributed by atoms with Gasteiger partial charge < -0.3 is 5.11 Å². The zero-order chi connectivity index (χ0) is 16.0. The zero-order valence-corrected chi connectivity index (χ0v) is 14.9. The van der Waals surface area contributed by atoms with Crippen molar-refractivity contribution in [1.29, 1.82) is 0 Å². The van der Waals surface area contributed by atoms with Gasteiger partial charge in [-0.25, -0.2) is 0 Å². The normalized spacial score (nSPS) is 14.0. The lowest BCUT2D eigenvalue weighted by atomic mass is 10.0. The minimum atomic E-state index is -1.02. The minimum absolute atomic E-state index is 0.231. The molecular formula is C18H38N2O. The first-order chi connectivity index (χ1) is 9.95. The van der Waals surface area contributed by atoms with Crippen molar-refractivity contribution >= 4 is 0 Å². The molecule has 0 aliphatic rings. The Hall–Kier alpha value is -0.440. The van der Waals surface area contributed by atoms with Crippen LogP contribution in [0.3, 0.4) is 0 Å². The van der Waals surface area contributed by atoms with Crippen molar-refractivity contribution in [2.24, 2.45) is 10.2 Å². The number of hydrogen-bond donors (Lipinski definition) is 1. The summed E-state index contributed by atoms with van der Waals surface area (Å²) in [6.07, 6.45) is 16.2. The van der Waals surface area contributed by atoms with Gasteiger partial charge in [-0.3, -0.25) is 0 Å². The van der Waals surface area contributed by atoms with Gasteiger partial charge in [0.05, 0.1) is 6.04 Å². The summed E-state index contributed by atoms with van der Waals surface area (Å²) in [6, 6.07) is 0.231. The van der Waals surface area contributed by atoms with Crippen LogP contribution in [0.5, 0.6) is 0 Å². The second-order valence-corrected chi connectivity index (χ2v) is 6.88. The number of azo groups is 1. The number of nitrogens with zero attached hydrogens (tertiary/aromatic N) is 2. The Labute approximate surface area is 132 Å². The third-order valence-electron chi connectivity index (χ3n) is 3.73. The van der Waals surface area contributed by atoms with E-state index in [4.69, 9.17) is 0 Å². The van der Waals surface area contributed by atoms with E-state index in [1.165, 1.54) is 70.6 Å². The molecule has 0 rings (SSSR count). The maximum atomic E-state index is 9.47. The van der Waals surface area contributed by atoms with Gasteiger partial charge in [0.25, 0.3) is 0 Å². The molecule has 0 radical (unpaired) electrons. The molecule has 3 heteroatoms. The van der Waals surface area contributed by atoms with Crippen LogP contribution in [-0.2, 0) is 0 Å². The van der Waals surface area contributed by atoms with Gasteiger partial charge in [0, 0.05) is 0 Å². The summed E-state index contributed by atoms with van der Waals surface area (Å²) in [6.45, 7) is 7.66. The molecule has 0 heterocycles. The molecule has 126 valence electrons. The van der Waals surface area contributed by atoms with Crippen LogP contribution in [0.4, 0.5) is 0 Å². The quantitative estimate of drug-likeness (QED) is 0.298. The van der Waals surface area contributed by atoms with E-state index >= 15 is 0 Å². The van der Waals surface area contributed by atoms with Crippen LogP contribution in [0, 0.1) is 0 Å². The molecule has 0 spiro atoms. The number of unbranched alkanes of at least 4 members (excludes halogenated alkanes) is 10. The van der Waals surface area contributed by atoms with Crippen LogP contribution in [0.2, 0.25) is 0 Å². The summed E-state index contributed by atoms with van der Waals surface area (Å²) < 4.78 is 0. The van der Waals surface area contributed by atoms with Crippen LogP contribution in [-0.4, -0.2) is 16.9 Å². The van der Waals surface area contributed by atoms with Crippen molar-refractivity contribution in [3.8, 4) is 0 Å². The Morgan fingerprint density at radius 1 is 0.810 bits per heavy atom. The van der Waals surface area contributed by atoms with Crippen LogP contribution in [0.1, 0.15) is 105 Å². The lowest BCUT2D eigenvalue weighted by Crippen LogP contribution is -2.14. The van der Waals surface area contributed by atoms with Gasteiger partial charge in [-0.1, -0.05) is 77.6 Å². The second kappa shape index (κ2) is 13.2. The van der Waals surface area contributed by atoms with Crippen LogP contribution in [0.15, 0.2) is 10.2 Å². The molecule has 0 aliphatic heterocycles. The maximum Gasteiger partial charge on any atom is 0.170 e. The number of hydrogen-bond acceptors (Lipinski definition) is 3. The zero-order valence-electron chi connectivity index (χ0n) is 14.9. The van der Waals surface area contributed by atoms with E-state index in [0.717, 1.165) is 6.42 Å². The Morgan fingerprint density at radius 2 is 1.24 bits per heavy atom. The molecular weight excluding hydrogens is 260 g/mol. The lowest BCUT2D eigenvalue weighted by Gasteiger charge is -2.11. The van der Waals surface area contributed by atoms with Gasteiger partial charge in [0.15, 0.2) is 5.72 Å². The van der Waals surface area contributed by atoms with Crippen LogP contribution >= 0.6 is 0 Å². The molecule has 0 aromatic carbocycles. The van der Waals surface area contributed by atoms with Gasteiger partial charge in [-0.2, -0.15) is 10.2 Å². The van der Waals surface area contributed by atoms with Crippen molar-refractivity contribution in [2.45, 2.75) is 117 Å². The first kappa shape index (κ1) is 20.6. The Kier molecular flexibility index (Phi) is 13.0. The Morgan fingerprint density at radius 3 is 1.67 bits per heavy atom. The first-order valence-electron chi connectivity index (χ1n) is 9.10. The van der Waals surface area contributed by atoms with E-state index in [9.17, 15) is 5.11 Å². The first-order valence-corrected chi connectivity index (χ1v) is 9.10. The summed E-state index contributed by atoms with van der Waals surface area (Å²) in [5, 5.41) is 17.5. The minimum Gasteiger partial charge on any atom is -0.368 e. The van der Waals surface area contributed by atoms with E-state index in [1.807, 2.05) is 0 Å². The molecule has 0 bridgehead atoms. The fourth-order valence-electron chi connectivity index (χ4n) is 2.40. The highest BCUT2D eigenvalue weighted by molar-refractivity contribution is 4.62. The van der Waals surface area contributed by atoms with Gasteiger partial charge in [0.1, 0.15) is 0 Å². The predicted octanol–water partition coefficient (Wildman–Crippen LogP) is 6.26. The molecule has 1 N–H and O–H groups in total. The topological polar surface area (TPSA) is 45.0 Å². The molecule has 1 atom stereocenters. The lowest BCUT2D eigenvalue weighted by molar-refractivity contribution is 0.0803. The molecule has 0 saturated heterocycles. The van der Waals surface area contributed by atoms with E-state index in [-0.39, 0.29) is 6.04 Å². The SMILES string of the molecule is CCCCCCCCCCCCCC(C)N=NC(C)(C)O. The van der Waals surface area contributed by atoms with E-state index in [2.05, 4.69) is 24.1 Å². The third kappa shape index (κ3) is 17.5. The molecule has 1 unspecified atom stereocenters. The summed E-state index contributed by atoms with van der Waals surface area (Å²) in [7, 11) is 0. The number of aliphatic hydroxyl groups is 1. The van der Waals surface area contributed by atoms with Crippen LogP contribution in [0.25, 0.3) is 0 Å². The van der Waals surface area contributed by atoms with Crippen molar-refractivity contribution in [3.05, 3.63) is 0 Å². The monoisotopic (exact) mass is 298 g/mol. The fourth-order valence-corrected chi connectivity index (χ4v) is 2.40. The highest BCUT2D eigenvalue weighted by atomic mass is 16.3. The second-order valence-electron chi connectivity index (χ2n) is 6.88. The van der Waals surface area contributed by atoms with Crippen molar-refractivity contribution in [3.63, 3.8) is 0 Å². The van der Waals surface area contributed by atoms with Gasteiger partial charge in [-0.05, 0) is 27.2 Å². The Bertz CT molecular complexity index is 246. The summed E-state index contributed by atoms with van der Waals surface area (Å²) in [4.78, 5) is 0. The molecule has 0 fully saturated rings. The molecule has 0 aromatic rings. The Balaban J connectivity index is 3.27. The van der Waals surface area contributed by atoms with Crippen molar-refractivity contribution in [2.75, 3.05) is 0 Å². The summed E-state index contributed by atoms with van der Waals surface area (Å²) in [5.74, 6) is 0. The molecule has 0 saturated carbocycles. The van der Waals surface area contributed by atoms with Crippen LogP contribution < -0.4 is 0 Å². The molecule has 21 heavy (non-hydrogen) atoms. The molecule has 0 aliphatic carbocycles. The average Bonchev–Trinajstić information content (AvgIpc) is 2.42. The average molecular weight is 299 g/mol. The van der Waals surface area contributed by atoms with Gasteiger partial charge in [-0.15, -0.1) is 0 Å². The van der Waals surface area contributed by atoms with Crippen molar-refractivity contribution in [1.82, 2.24) is 0 Å². The van der Waals surface area contributed by atoms with Crippen molar-refractivity contribution < 1.29 is 5.11 Å². The third-order valence-corrected chi connectivity index (χ3v) is 3.73. The van der Waals surface area contributed by atoms with E-state index < -0.39 is 5.72 Å². The fraction of sp³-hybridized carbons (Fsp3) is 1.00. The molecule has 3 nitrogen and oxygen atoms in total. The maximum absolute atomic E-state index is 9.47. The highest BCUT2D eigenvalue weighted by Gasteiger charge is 2.09. The van der Waals surface area contributed by atoms with Gasteiger partial charge >= 0.3 is 0 Å². The smallest absolute Gasteiger partial charge is 0.170 e. The van der Waals surface area contributed by atoms with Gasteiger partial charge in [0.2, 0.25) is 0 Å². The predicted molar refractivity (Wildman–Crippen MR) is 91.7 cm³/mol.